The number of hydrogen-bond donors (Lipinski definition) is 0. The van der Waals surface area contributed by atoms with E-state index in [-0.39, 0.29) is 0 Å². The predicted molar refractivity (Wildman–Crippen MR) is 87.5 cm³/mol. The summed E-state index contributed by atoms with van der Waals surface area (Å²) >= 11 is 6.08. The van der Waals surface area contributed by atoms with Gasteiger partial charge in [-0.1, -0.05) is 20.8 Å². The summed E-state index contributed by atoms with van der Waals surface area (Å²) in [5.74, 6) is 1.36. The van der Waals surface area contributed by atoms with Crippen molar-refractivity contribution in [3.05, 3.63) is 23.5 Å². The van der Waals surface area contributed by atoms with Crippen LogP contribution in [-0.2, 0) is 5.88 Å². The first-order valence-corrected chi connectivity index (χ1v) is 8.21. The molecule has 1 saturated heterocycles. The maximum atomic E-state index is 6.08. The number of alkyl halides is 1. The van der Waals surface area contributed by atoms with Crippen molar-refractivity contribution in [2.75, 3.05) is 18.0 Å². The zero-order valence-corrected chi connectivity index (χ0v) is 14.0. The van der Waals surface area contributed by atoms with Crippen LogP contribution in [0.15, 0.2) is 12.3 Å². The van der Waals surface area contributed by atoms with Crippen LogP contribution in [0.5, 0.6) is 0 Å². The normalized spacial score (nSPS) is 20.9. The summed E-state index contributed by atoms with van der Waals surface area (Å²) < 4.78 is 0. The van der Waals surface area contributed by atoms with Crippen LogP contribution in [-0.4, -0.2) is 18.1 Å². The topological polar surface area (TPSA) is 16.1 Å². The summed E-state index contributed by atoms with van der Waals surface area (Å²) in [6.07, 6.45) is 5.81. The molecule has 0 radical (unpaired) electrons. The minimum absolute atomic E-state index is 0.416. The van der Waals surface area contributed by atoms with Crippen LogP contribution in [0.3, 0.4) is 0 Å². The van der Waals surface area contributed by atoms with E-state index in [2.05, 4.69) is 43.6 Å². The molecule has 2 rings (SSSR count). The van der Waals surface area contributed by atoms with Crippen molar-refractivity contribution in [1.29, 1.82) is 0 Å². The highest BCUT2D eigenvalue weighted by atomic mass is 35.5. The molecular weight excluding hydrogens is 268 g/mol. The van der Waals surface area contributed by atoms with Gasteiger partial charge in [-0.2, -0.15) is 0 Å². The molecular formula is C17H27ClN2. The second kappa shape index (κ2) is 6.34. The number of aryl methyl sites for hydroxylation is 1. The molecule has 1 aliphatic heterocycles. The Balaban J connectivity index is 2.16. The van der Waals surface area contributed by atoms with Gasteiger partial charge in [0.15, 0.2) is 0 Å². The maximum Gasteiger partial charge on any atom is 0.0509 e. The second-order valence-electron chi connectivity index (χ2n) is 7.07. The third-order valence-corrected chi connectivity index (χ3v) is 4.82. The van der Waals surface area contributed by atoms with Gasteiger partial charge in [-0.05, 0) is 43.6 Å². The lowest BCUT2D eigenvalue weighted by Crippen LogP contribution is -2.27. The van der Waals surface area contributed by atoms with E-state index in [0.717, 1.165) is 30.3 Å². The predicted octanol–water partition coefficient (Wildman–Crippen LogP) is 4.78. The maximum absolute atomic E-state index is 6.08. The summed E-state index contributed by atoms with van der Waals surface area (Å²) in [6.45, 7) is 11.4. The molecule has 1 unspecified atom stereocenters. The van der Waals surface area contributed by atoms with Gasteiger partial charge < -0.3 is 4.90 Å². The molecule has 0 aromatic carbocycles. The number of aromatic nitrogens is 1. The number of anilines is 1. The monoisotopic (exact) mass is 294 g/mol. The lowest BCUT2D eigenvalue weighted by Gasteiger charge is -2.30. The highest BCUT2D eigenvalue weighted by Gasteiger charge is 2.27. The fraction of sp³-hybridized carbons (Fsp3) is 0.706. The standard InChI is InChI=1S/C17H27ClN2/c1-13-10-16(14(11-18)12-19-13)20-8-5-6-15(7-9-20)17(2,3)4/h10,12,15H,5-9,11H2,1-4H3. The Morgan fingerprint density at radius 3 is 2.70 bits per heavy atom. The molecule has 0 saturated carbocycles. The Kier molecular flexibility index (Phi) is 4.95. The Bertz CT molecular complexity index is 451. The van der Waals surface area contributed by atoms with E-state index in [9.17, 15) is 0 Å². The second-order valence-corrected chi connectivity index (χ2v) is 7.34. The van der Waals surface area contributed by atoms with Crippen molar-refractivity contribution >= 4 is 17.3 Å². The van der Waals surface area contributed by atoms with Crippen LogP contribution in [0, 0.1) is 18.3 Å². The highest BCUT2D eigenvalue weighted by Crippen LogP contribution is 2.35. The minimum Gasteiger partial charge on any atom is -0.371 e. The van der Waals surface area contributed by atoms with Gasteiger partial charge in [-0.15, -0.1) is 11.6 Å². The van der Waals surface area contributed by atoms with Crippen molar-refractivity contribution in [3.63, 3.8) is 0 Å². The first kappa shape index (κ1) is 15.6. The molecule has 2 heterocycles. The molecule has 0 N–H and O–H groups in total. The molecule has 1 aromatic rings. The van der Waals surface area contributed by atoms with Crippen molar-refractivity contribution in [2.24, 2.45) is 11.3 Å². The molecule has 0 aliphatic carbocycles. The number of hydrogen-bond acceptors (Lipinski definition) is 2. The van der Waals surface area contributed by atoms with Gasteiger partial charge in [0.2, 0.25) is 0 Å². The van der Waals surface area contributed by atoms with E-state index < -0.39 is 0 Å². The lowest BCUT2D eigenvalue weighted by molar-refractivity contribution is 0.220. The molecule has 0 bridgehead atoms. The first-order valence-electron chi connectivity index (χ1n) is 7.68. The summed E-state index contributed by atoms with van der Waals surface area (Å²) in [6, 6.07) is 2.19. The van der Waals surface area contributed by atoms with Gasteiger partial charge in [0.1, 0.15) is 0 Å². The SMILES string of the molecule is Cc1cc(N2CCCC(C(C)(C)C)CC2)c(CCl)cn1. The molecule has 3 heteroatoms. The summed E-state index contributed by atoms with van der Waals surface area (Å²) in [5, 5.41) is 0. The molecule has 20 heavy (non-hydrogen) atoms. The van der Waals surface area contributed by atoms with Crippen molar-refractivity contribution in [3.8, 4) is 0 Å². The van der Waals surface area contributed by atoms with E-state index in [1.807, 2.05) is 6.20 Å². The van der Waals surface area contributed by atoms with Gasteiger partial charge in [-0.25, -0.2) is 0 Å². The van der Waals surface area contributed by atoms with Gasteiger partial charge in [-0.3, -0.25) is 4.98 Å². The van der Waals surface area contributed by atoms with Gasteiger partial charge in [0.05, 0.1) is 5.88 Å². The smallest absolute Gasteiger partial charge is 0.0509 e. The van der Waals surface area contributed by atoms with E-state index >= 15 is 0 Å². The summed E-state index contributed by atoms with van der Waals surface area (Å²) in [4.78, 5) is 6.88. The van der Waals surface area contributed by atoms with Crippen LogP contribution in [0.2, 0.25) is 0 Å². The van der Waals surface area contributed by atoms with Crippen molar-refractivity contribution in [2.45, 2.75) is 52.8 Å². The van der Waals surface area contributed by atoms with Crippen molar-refractivity contribution in [1.82, 2.24) is 4.98 Å². The zero-order valence-electron chi connectivity index (χ0n) is 13.2. The van der Waals surface area contributed by atoms with Crippen LogP contribution < -0.4 is 4.90 Å². The molecule has 112 valence electrons. The largest absolute Gasteiger partial charge is 0.371 e. The third-order valence-electron chi connectivity index (χ3n) is 4.54. The van der Waals surface area contributed by atoms with E-state index in [1.165, 1.54) is 24.9 Å². The fourth-order valence-corrected chi connectivity index (χ4v) is 3.38. The molecule has 0 amide bonds. The summed E-state index contributed by atoms with van der Waals surface area (Å²) in [7, 11) is 0. The highest BCUT2D eigenvalue weighted by molar-refractivity contribution is 6.17. The Labute approximate surface area is 128 Å². The third kappa shape index (κ3) is 3.66. The first-order chi connectivity index (χ1) is 9.41. The van der Waals surface area contributed by atoms with Gasteiger partial charge in [0.25, 0.3) is 0 Å². The molecule has 0 spiro atoms. The fourth-order valence-electron chi connectivity index (χ4n) is 3.17. The Hall–Kier alpha value is -0.760. The van der Waals surface area contributed by atoms with Crippen LogP contribution in [0.4, 0.5) is 5.69 Å². The van der Waals surface area contributed by atoms with Crippen LogP contribution in [0.25, 0.3) is 0 Å². The molecule has 1 aromatic heterocycles. The Morgan fingerprint density at radius 1 is 1.30 bits per heavy atom. The van der Waals surface area contributed by atoms with E-state index in [1.54, 1.807) is 0 Å². The number of halogens is 1. The minimum atomic E-state index is 0.416. The number of rotatable bonds is 2. The van der Waals surface area contributed by atoms with E-state index in [0.29, 0.717) is 11.3 Å². The number of pyridine rings is 1. The average Bonchev–Trinajstić information content (AvgIpc) is 2.63. The molecule has 1 fully saturated rings. The zero-order chi connectivity index (χ0) is 14.8. The lowest BCUT2D eigenvalue weighted by atomic mass is 9.77. The number of nitrogens with zero attached hydrogens (tertiary/aromatic N) is 2. The van der Waals surface area contributed by atoms with Crippen LogP contribution in [0.1, 0.15) is 51.3 Å². The van der Waals surface area contributed by atoms with Crippen molar-refractivity contribution < 1.29 is 0 Å². The Morgan fingerprint density at radius 2 is 2.05 bits per heavy atom. The average molecular weight is 295 g/mol. The summed E-state index contributed by atoms with van der Waals surface area (Å²) in [5.41, 5.74) is 3.94. The van der Waals surface area contributed by atoms with Gasteiger partial charge >= 0.3 is 0 Å². The quantitative estimate of drug-likeness (QED) is 0.730. The van der Waals surface area contributed by atoms with Gasteiger partial charge in [0, 0.05) is 36.2 Å². The molecule has 1 atom stereocenters. The molecule has 2 nitrogen and oxygen atoms in total. The van der Waals surface area contributed by atoms with Crippen LogP contribution >= 0.6 is 11.6 Å². The molecule has 1 aliphatic rings. The van der Waals surface area contributed by atoms with E-state index in [4.69, 9.17) is 11.6 Å².